The molecular formula is C22H38IN3O3. The molecule has 0 amide bonds. The van der Waals surface area contributed by atoms with E-state index >= 15 is 0 Å². The molecule has 0 saturated heterocycles. The molecule has 0 aliphatic heterocycles. The maximum Gasteiger partial charge on any atom is 0.191 e. The van der Waals surface area contributed by atoms with Crippen LogP contribution in [-0.4, -0.2) is 53.5 Å². The third kappa shape index (κ3) is 8.20. The molecule has 1 aliphatic carbocycles. The van der Waals surface area contributed by atoms with E-state index in [1.807, 2.05) is 18.2 Å². The van der Waals surface area contributed by atoms with Crippen molar-refractivity contribution >= 4 is 29.9 Å². The van der Waals surface area contributed by atoms with Crippen LogP contribution in [0.1, 0.15) is 44.6 Å². The summed E-state index contributed by atoms with van der Waals surface area (Å²) >= 11 is 0. The molecular weight excluding hydrogens is 481 g/mol. The van der Waals surface area contributed by atoms with Gasteiger partial charge in [0.15, 0.2) is 5.96 Å². The van der Waals surface area contributed by atoms with Gasteiger partial charge in [-0.2, -0.15) is 0 Å². The van der Waals surface area contributed by atoms with Crippen LogP contribution in [0.15, 0.2) is 23.2 Å². The molecule has 0 spiro atoms. The van der Waals surface area contributed by atoms with Crippen molar-refractivity contribution in [3.63, 3.8) is 0 Å². The van der Waals surface area contributed by atoms with Crippen molar-refractivity contribution in [3.8, 4) is 11.5 Å². The van der Waals surface area contributed by atoms with Gasteiger partial charge in [-0.25, -0.2) is 0 Å². The first-order valence-corrected chi connectivity index (χ1v) is 10.4. The van der Waals surface area contributed by atoms with Gasteiger partial charge in [-0.3, -0.25) is 4.99 Å². The Hall–Kier alpha value is -1.22. The summed E-state index contributed by atoms with van der Waals surface area (Å²) in [5, 5.41) is 6.84. The van der Waals surface area contributed by atoms with E-state index in [1.54, 1.807) is 21.3 Å². The lowest BCUT2D eigenvalue weighted by Gasteiger charge is -2.27. The number of methoxy groups -OCH3 is 3. The van der Waals surface area contributed by atoms with Crippen LogP contribution in [-0.2, 0) is 11.2 Å². The van der Waals surface area contributed by atoms with Crippen molar-refractivity contribution in [2.24, 2.45) is 10.4 Å². The van der Waals surface area contributed by atoms with Crippen LogP contribution in [0.4, 0.5) is 0 Å². The fraction of sp³-hybridized carbons (Fsp3) is 0.682. The second-order valence-electron chi connectivity index (χ2n) is 7.50. The lowest BCUT2D eigenvalue weighted by atomic mass is 9.83. The Kier molecular flexibility index (Phi) is 12.4. The zero-order valence-corrected chi connectivity index (χ0v) is 20.7. The van der Waals surface area contributed by atoms with Crippen molar-refractivity contribution in [1.82, 2.24) is 10.6 Å². The Morgan fingerprint density at radius 1 is 1.10 bits per heavy atom. The highest BCUT2D eigenvalue weighted by atomic mass is 127. The largest absolute Gasteiger partial charge is 0.497 e. The Morgan fingerprint density at radius 3 is 2.48 bits per heavy atom. The second-order valence-corrected chi connectivity index (χ2v) is 7.50. The lowest BCUT2D eigenvalue weighted by Crippen LogP contribution is -2.39. The first-order valence-electron chi connectivity index (χ1n) is 10.4. The van der Waals surface area contributed by atoms with Crippen molar-refractivity contribution in [1.29, 1.82) is 0 Å². The van der Waals surface area contributed by atoms with Gasteiger partial charge in [0.05, 0.1) is 14.2 Å². The number of guanidine groups is 1. The van der Waals surface area contributed by atoms with Crippen molar-refractivity contribution in [3.05, 3.63) is 23.8 Å². The van der Waals surface area contributed by atoms with E-state index < -0.39 is 0 Å². The Balaban J connectivity index is 0.00000420. The number of benzene rings is 1. The van der Waals surface area contributed by atoms with E-state index in [-0.39, 0.29) is 24.0 Å². The normalized spacial score (nSPS) is 15.5. The maximum absolute atomic E-state index is 5.47. The number of nitrogens with one attached hydrogen (secondary N) is 2. The van der Waals surface area contributed by atoms with Gasteiger partial charge in [0.1, 0.15) is 11.5 Å². The van der Waals surface area contributed by atoms with Crippen molar-refractivity contribution in [2.45, 2.75) is 45.4 Å². The maximum atomic E-state index is 5.47. The number of nitrogens with zero attached hydrogens (tertiary/aromatic N) is 1. The molecule has 1 aliphatic rings. The first-order chi connectivity index (χ1) is 13.7. The minimum Gasteiger partial charge on any atom is -0.497 e. The van der Waals surface area contributed by atoms with Gasteiger partial charge in [0.25, 0.3) is 0 Å². The molecule has 1 saturated carbocycles. The SMILES string of the molecule is CCNC(=NCC1(CCOC)CCCC1)NCCc1cc(OC)ccc1OC.I. The molecule has 0 heterocycles. The molecule has 0 aromatic heterocycles. The minimum atomic E-state index is 0. The monoisotopic (exact) mass is 519 g/mol. The van der Waals surface area contributed by atoms with Crippen LogP contribution >= 0.6 is 24.0 Å². The predicted molar refractivity (Wildman–Crippen MR) is 130 cm³/mol. The zero-order valence-electron chi connectivity index (χ0n) is 18.4. The second kappa shape index (κ2) is 13.9. The molecule has 0 radical (unpaired) electrons. The third-order valence-electron chi connectivity index (χ3n) is 5.59. The Labute approximate surface area is 193 Å². The quantitative estimate of drug-likeness (QED) is 0.263. The van der Waals surface area contributed by atoms with Gasteiger partial charge in [0.2, 0.25) is 0 Å². The van der Waals surface area contributed by atoms with Gasteiger partial charge >= 0.3 is 0 Å². The summed E-state index contributed by atoms with van der Waals surface area (Å²) in [7, 11) is 5.16. The van der Waals surface area contributed by atoms with Crippen molar-refractivity contribution in [2.75, 3.05) is 47.6 Å². The summed E-state index contributed by atoms with van der Waals surface area (Å²) in [6.45, 7) is 5.39. The average Bonchev–Trinajstić information content (AvgIpc) is 3.19. The highest BCUT2D eigenvalue weighted by Crippen LogP contribution is 2.41. The molecule has 0 atom stereocenters. The molecule has 1 aromatic rings. The zero-order chi connectivity index (χ0) is 20.2. The van der Waals surface area contributed by atoms with Crippen LogP contribution in [0, 0.1) is 5.41 Å². The molecule has 2 N–H and O–H groups in total. The highest BCUT2D eigenvalue weighted by molar-refractivity contribution is 14.0. The van der Waals surface area contributed by atoms with E-state index in [0.717, 1.165) is 62.1 Å². The summed E-state index contributed by atoms with van der Waals surface area (Å²) in [5.41, 5.74) is 1.42. The average molecular weight is 519 g/mol. The van der Waals surface area contributed by atoms with Gasteiger partial charge in [0, 0.05) is 33.4 Å². The number of hydrogen-bond donors (Lipinski definition) is 2. The molecule has 7 heteroatoms. The Morgan fingerprint density at radius 2 is 1.86 bits per heavy atom. The standard InChI is InChI=1S/C22H37N3O3.HI/c1-5-23-21(25-17-22(13-15-26-2)11-6-7-12-22)24-14-10-18-16-19(27-3)8-9-20(18)28-4;/h8-9,16H,5-7,10-15,17H2,1-4H3,(H2,23,24,25);1H. The van der Waals surface area contributed by atoms with Gasteiger partial charge in [-0.1, -0.05) is 12.8 Å². The van der Waals surface area contributed by atoms with Crippen LogP contribution in [0.25, 0.3) is 0 Å². The van der Waals surface area contributed by atoms with E-state index in [9.17, 15) is 0 Å². The fourth-order valence-corrected chi connectivity index (χ4v) is 3.91. The number of rotatable bonds is 11. The molecule has 0 bridgehead atoms. The molecule has 29 heavy (non-hydrogen) atoms. The van der Waals surface area contributed by atoms with Crippen LogP contribution < -0.4 is 20.1 Å². The highest BCUT2D eigenvalue weighted by Gasteiger charge is 2.33. The molecule has 166 valence electrons. The van der Waals surface area contributed by atoms with Crippen LogP contribution in [0.5, 0.6) is 11.5 Å². The lowest BCUT2D eigenvalue weighted by molar-refractivity contribution is 0.141. The molecule has 0 unspecified atom stereocenters. The van der Waals surface area contributed by atoms with E-state index in [4.69, 9.17) is 19.2 Å². The molecule has 6 nitrogen and oxygen atoms in total. The summed E-state index contributed by atoms with van der Waals surface area (Å²) < 4.78 is 16.1. The molecule has 1 aromatic carbocycles. The summed E-state index contributed by atoms with van der Waals surface area (Å²) in [6.07, 6.45) is 7.03. The molecule has 1 fully saturated rings. The number of hydrogen-bond acceptors (Lipinski definition) is 4. The fourth-order valence-electron chi connectivity index (χ4n) is 3.91. The third-order valence-corrected chi connectivity index (χ3v) is 5.59. The van der Waals surface area contributed by atoms with Crippen molar-refractivity contribution < 1.29 is 14.2 Å². The number of halogens is 1. The van der Waals surface area contributed by atoms with Gasteiger partial charge in [-0.15, -0.1) is 24.0 Å². The first kappa shape index (κ1) is 25.8. The summed E-state index contributed by atoms with van der Waals surface area (Å²) in [5.74, 6) is 2.61. The van der Waals surface area contributed by atoms with Crippen LogP contribution in [0.3, 0.4) is 0 Å². The topological polar surface area (TPSA) is 64.1 Å². The van der Waals surface area contributed by atoms with E-state index in [2.05, 4.69) is 17.6 Å². The molecule has 2 rings (SSSR count). The van der Waals surface area contributed by atoms with E-state index in [1.165, 1.54) is 25.7 Å². The van der Waals surface area contributed by atoms with E-state index in [0.29, 0.717) is 5.41 Å². The Bertz CT molecular complexity index is 619. The summed E-state index contributed by atoms with van der Waals surface area (Å²) in [6, 6.07) is 5.90. The minimum absolute atomic E-state index is 0. The predicted octanol–water partition coefficient (Wildman–Crippen LogP) is 4.02. The van der Waals surface area contributed by atoms with Crippen LogP contribution in [0.2, 0.25) is 0 Å². The smallest absolute Gasteiger partial charge is 0.191 e. The summed E-state index contributed by atoms with van der Waals surface area (Å²) in [4.78, 5) is 4.91. The number of ether oxygens (including phenoxy) is 3. The van der Waals surface area contributed by atoms with Gasteiger partial charge < -0.3 is 24.8 Å². The number of aliphatic imine (C=N–C) groups is 1. The van der Waals surface area contributed by atoms with Gasteiger partial charge in [-0.05, 0) is 61.8 Å².